The molecule has 1 N–H and O–H groups in total. The van der Waals surface area contributed by atoms with E-state index in [0.29, 0.717) is 11.4 Å². The zero-order chi connectivity index (χ0) is 16.6. The summed E-state index contributed by atoms with van der Waals surface area (Å²) in [7, 11) is -2.17. The highest BCUT2D eigenvalue weighted by Crippen LogP contribution is 2.37. The average molecular weight is 348 g/mol. The maximum absolute atomic E-state index is 12.8. The van der Waals surface area contributed by atoms with E-state index in [1.54, 1.807) is 36.4 Å². The van der Waals surface area contributed by atoms with Gasteiger partial charge in [-0.25, -0.2) is 8.42 Å². The van der Waals surface area contributed by atoms with Gasteiger partial charge >= 0.3 is 0 Å². The number of nitrogens with zero attached hydrogens (tertiary/aromatic N) is 1. The molecule has 7 heteroatoms. The van der Waals surface area contributed by atoms with E-state index >= 15 is 0 Å². The Hall–Kier alpha value is -1.99. The van der Waals surface area contributed by atoms with Crippen LogP contribution in [0.5, 0.6) is 0 Å². The van der Waals surface area contributed by atoms with Gasteiger partial charge in [-0.3, -0.25) is 9.10 Å². The lowest BCUT2D eigenvalue weighted by atomic mass is 10.3. The number of benzene rings is 2. The third-order valence-electron chi connectivity index (χ3n) is 3.66. The van der Waals surface area contributed by atoms with Gasteiger partial charge in [0.05, 0.1) is 21.5 Å². The molecule has 23 heavy (non-hydrogen) atoms. The van der Waals surface area contributed by atoms with E-state index in [9.17, 15) is 13.2 Å². The minimum absolute atomic E-state index is 0.117. The molecule has 3 rings (SSSR count). The van der Waals surface area contributed by atoms with Crippen molar-refractivity contribution in [1.29, 1.82) is 0 Å². The van der Waals surface area contributed by atoms with Crippen LogP contribution in [-0.4, -0.2) is 26.6 Å². The van der Waals surface area contributed by atoms with Gasteiger partial charge in [0.1, 0.15) is 0 Å². The maximum Gasteiger partial charge on any atom is 0.264 e. The van der Waals surface area contributed by atoms with Gasteiger partial charge in [0, 0.05) is 11.9 Å². The Morgan fingerprint density at radius 1 is 1.13 bits per heavy atom. The Morgan fingerprint density at radius 2 is 1.83 bits per heavy atom. The number of amides is 1. The fraction of sp³-hybridized carbons (Fsp3) is 0.188. The van der Waals surface area contributed by atoms with Crippen molar-refractivity contribution in [1.82, 2.24) is 0 Å². The summed E-state index contributed by atoms with van der Waals surface area (Å²) in [5, 5.41) is 2.57. The number of para-hydroxylation sites is 1. The van der Waals surface area contributed by atoms with Crippen molar-refractivity contribution in [2.75, 3.05) is 16.7 Å². The van der Waals surface area contributed by atoms with E-state index in [2.05, 4.69) is 5.32 Å². The van der Waals surface area contributed by atoms with E-state index in [4.69, 9.17) is 0 Å². The number of anilines is 2. The van der Waals surface area contributed by atoms with E-state index in [0.717, 1.165) is 4.90 Å². The standard InChI is InChI=1S/C16H16N2O3S2/c1-11-16(19)17-14-10-13(8-9-15(14)22-11)23(20,21)18(2)12-6-4-3-5-7-12/h3-11H,1-2H3,(H,17,19). The fourth-order valence-electron chi connectivity index (χ4n) is 2.28. The van der Waals surface area contributed by atoms with E-state index < -0.39 is 10.0 Å². The van der Waals surface area contributed by atoms with Crippen LogP contribution in [0, 0.1) is 0 Å². The number of hydrogen-bond acceptors (Lipinski definition) is 4. The van der Waals surface area contributed by atoms with Crippen molar-refractivity contribution in [3.63, 3.8) is 0 Å². The number of hydrogen-bond donors (Lipinski definition) is 1. The van der Waals surface area contributed by atoms with Crippen molar-refractivity contribution in [2.24, 2.45) is 0 Å². The van der Waals surface area contributed by atoms with Crippen LogP contribution in [0.25, 0.3) is 0 Å². The number of rotatable bonds is 3. The molecule has 1 aliphatic heterocycles. The quantitative estimate of drug-likeness (QED) is 0.926. The highest BCUT2D eigenvalue weighted by Gasteiger charge is 2.27. The Bertz CT molecular complexity index is 851. The summed E-state index contributed by atoms with van der Waals surface area (Å²) in [6, 6.07) is 13.7. The molecule has 120 valence electrons. The summed E-state index contributed by atoms with van der Waals surface area (Å²) in [5.74, 6) is -0.117. The van der Waals surface area contributed by atoms with Gasteiger partial charge in [-0.15, -0.1) is 11.8 Å². The highest BCUT2D eigenvalue weighted by molar-refractivity contribution is 8.01. The lowest BCUT2D eigenvalue weighted by molar-refractivity contribution is -0.115. The van der Waals surface area contributed by atoms with E-state index in [1.165, 1.54) is 29.2 Å². The molecule has 1 amide bonds. The van der Waals surface area contributed by atoms with Crippen molar-refractivity contribution in [3.8, 4) is 0 Å². The predicted molar refractivity (Wildman–Crippen MR) is 92.4 cm³/mol. The highest BCUT2D eigenvalue weighted by atomic mass is 32.2. The fourth-order valence-corrected chi connectivity index (χ4v) is 4.44. The molecule has 0 saturated heterocycles. The topological polar surface area (TPSA) is 66.5 Å². The second-order valence-electron chi connectivity index (χ2n) is 5.22. The lowest BCUT2D eigenvalue weighted by Gasteiger charge is -2.23. The minimum Gasteiger partial charge on any atom is -0.324 e. The van der Waals surface area contributed by atoms with Gasteiger partial charge < -0.3 is 5.32 Å². The molecule has 1 atom stereocenters. The Morgan fingerprint density at radius 3 is 2.52 bits per heavy atom. The third kappa shape index (κ3) is 2.94. The van der Waals surface area contributed by atoms with Crippen LogP contribution in [0.15, 0.2) is 58.3 Å². The molecular formula is C16H16N2O3S2. The molecule has 0 saturated carbocycles. The van der Waals surface area contributed by atoms with Crippen molar-refractivity contribution in [2.45, 2.75) is 22.0 Å². The van der Waals surface area contributed by atoms with Gasteiger partial charge in [0.15, 0.2) is 0 Å². The summed E-state index contributed by atoms with van der Waals surface area (Å²) in [6.45, 7) is 1.82. The first kappa shape index (κ1) is 15.9. The Balaban J connectivity index is 1.98. The number of thioether (sulfide) groups is 1. The molecule has 1 aliphatic rings. The Labute approximate surface area is 139 Å². The summed E-state index contributed by atoms with van der Waals surface area (Å²) >= 11 is 1.42. The molecule has 1 heterocycles. The summed E-state index contributed by atoms with van der Waals surface area (Å²) in [5.41, 5.74) is 1.12. The maximum atomic E-state index is 12.8. The van der Waals surface area contributed by atoms with Gasteiger partial charge in [0.2, 0.25) is 5.91 Å². The molecule has 0 aliphatic carbocycles. The number of carbonyl (C=O) groups excluding carboxylic acids is 1. The second-order valence-corrected chi connectivity index (χ2v) is 8.57. The van der Waals surface area contributed by atoms with Crippen LogP contribution < -0.4 is 9.62 Å². The minimum atomic E-state index is -3.68. The van der Waals surface area contributed by atoms with Crippen LogP contribution in [0.1, 0.15) is 6.92 Å². The van der Waals surface area contributed by atoms with Crippen molar-refractivity contribution in [3.05, 3.63) is 48.5 Å². The second kappa shape index (κ2) is 5.90. The molecule has 2 aromatic rings. The zero-order valence-electron chi connectivity index (χ0n) is 12.7. The summed E-state index contributed by atoms with van der Waals surface area (Å²) in [4.78, 5) is 12.8. The summed E-state index contributed by atoms with van der Waals surface area (Å²) < 4.78 is 26.8. The first-order valence-electron chi connectivity index (χ1n) is 7.05. The van der Waals surface area contributed by atoms with E-state index in [1.807, 2.05) is 13.0 Å². The first-order chi connectivity index (χ1) is 10.9. The molecule has 0 aromatic heterocycles. The number of nitrogens with one attached hydrogen (secondary N) is 1. The normalized spacial score (nSPS) is 17.3. The molecule has 0 fully saturated rings. The third-order valence-corrected chi connectivity index (χ3v) is 6.62. The zero-order valence-corrected chi connectivity index (χ0v) is 14.3. The van der Waals surface area contributed by atoms with Gasteiger partial charge in [-0.1, -0.05) is 18.2 Å². The van der Waals surface area contributed by atoms with Gasteiger partial charge in [-0.2, -0.15) is 0 Å². The molecule has 5 nitrogen and oxygen atoms in total. The van der Waals surface area contributed by atoms with Crippen molar-refractivity contribution < 1.29 is 13.2 Å². The molecule has 0 spiro atoms. The van der Waals surface area contributed by atoms with Gasteiger partial charge in [-0.05, 0) is 37.3 Å². The Kier molecular flexibility index (Phi) is 4.08. The summed E-state index contributed by atoms with van der Waals surface area (Å²) in [6.07, 6.45) is 0. The SMILES string of the molecule is CC1Sc2ccc(S(=O)(=O)N(C)c3ccccc3)cc2NC1=O. The average Bonchev–Trinajstić information content (AvgIpc) is 2.55. The smallest absolute Gasteiger partial charge is 0.264 e. The molecule has 0 radical (unpaired) electrons. The molecule has 0 bridgehead atoms. The molecular weight excluding hydrogens is 332 g/mol. The largest absolute Gasteiger partial charge is 0.324 e. The van der Waals surface area contributed by atoms with Gasteiger partial charge in [0.25, 0.3) is 10.0 Å². The van der Waals surface area contributed by atoms with E-state index in [-0.39, 0.29) is 16.1 Å². The number of sulfonamides is 1. The lowest BCUT2D eigenvalue weighted by Crippen LogP contribution is -2.28. The van der Waals surface area contributed by atoms with Crippen LogP contribution in [0.3, 0.4) is 0 Å². The monoisotopic (exact) mass is 348 g/mol. The van der Waals surface area contributed by atoms with Crippen LogP contribution in [0.2, 0.25) is 0 Å². The van der Waals surface area contributed by atoms with Crippen LogP contribution in [-0.2, 0) is 14.8 Å². The molecule has 2 aromatic carbocycles. The first-order valence-corrected chi connectivity index (χ1v) is 9.37. The predicted octanol–water partition coefficient (Wildman–Crippen LogP) is 2.94. The van der Waals surface area contributed by atoms with Crippen molar-refractivity contribution >= 4 is 39.1 Å². The number of fused-ring (bicyclic) bond motifs is 1. The molecule has 1 unspecified atom stereocenters. The van der Waals surface area contributed by atoms with Crippen LogP contribution in [0.4, 0.5) is 11.4 Å². The number of carbonyl (C=O) groups is 1. The van der Waals surface area contributed by atoms with Crippen LogP contribution >= 0.6 is 11.8 Å².